The van der Waals surface area contributed by atoms with E-state index >= 15 is 0 Å². The highest BCUT2D eigenvalue weighted by molar-refractivity contribution is 7.13. The molecule has 3 heterocycles. The molecule has 1 aromatic carbocycles. The second kappa shape index (κ2) is 10.6. The number of thiophene rings is 1. The first-order valence-corrected chi connectivity index (χ1v) is 11.2. The lowest BCUT2D eigenvalue weighted by Gasteiger charge is -2.03. The molecule has 1 amide bonds. The average Bonchev–Trinajstić information content (AvgIpc) is 3.56. The fourth-order valence-electron chi connectivity index (χ4n) is 3.03. The van der Waals surface area contributed by atoms with Crippen molar-refractivity contribution in [1.82, 2.24) is 25.7 Å². The molecule has 4 aromatic rings. The van der Waals surface area contributed by atoms with Crippen molar-refractivity contribution in [1.29, 1.82) is 0 Å². The Kier molecular flexibility index (Phi) is 7.17. The quantitative estimate of drug-likeness (QED) is 0.348. The molecule has 3 aromatic heterocycles. The Morgan fingerprint density at radius 3 is 2.71 bits per heavy atom. The van der Waals surface area contributed by atoms with Gasteiger partial charge in [0.05, 0.1) is 4.88 Å². The van der Waals surface area contributed by atoms with E-state index in [-0.39, 0.29) is 5.91 Å². The number of carbonyl (C=O) groups is 1. The third-order valence-corrected chi connectivity index (χ3v) is 5.52. The molecule has 0 aliphatic carbocycles. The zero-order valence-corrected chi connectivity index (χ0v) is 17.8. The van der Waals surface area contributed by atoms with E-state index in [0.29, 0.717) is 42.9 Å². The van der Waals surface area contributed by atoms with Crippen LogP contribution in [0.3, 0.4) is 0 Å². The minimum absolute atomic E-state index is 0.0167. The van der Waals surface area contributed by atoms with Crippen LogP contribution in [0.5, 0.6) is 0 Å². The third-order valence-electron chi connectivity index (χ3n) is 4.65. The van der Waals surface area contributed by atoms with Crippen LogP contribution < -0.4 is 5.32 Å². The second-order valence-corrected chi connectivity index (χ2v) is 7.96. The predicted octanol–water partition coefficient (Wildman–Crippen LogP) is 4.31. The van der Waals surface area contributed by atoms with Crippen LogP contribution in [0.15, 0.2) is 56.8 Å². The van der Waals surface area contributed by atoms with E-state index in [4.69, 9.17) is 8.94 Å². The second-order valence-electron chi connectivity index (χ2n) is 7.02. The van der Waals surface area contributed by atoms with Crippen molar-refractivity contribution in [3.8, 4) is 22.2 Å². The van der Waals surface area contributed by atoms with E-state index in [1.54, 1.807) is 11.3 Å². The molecule has 0 unspecified atom stereocenters. The van der Waals surface area contributed by atoms with Gasteiger partial charge in [-0.3, -0.25) is 4.79 Å². The third kappa shape index (κ3) is 6.08. The minimum atomic E-state index is -0.0167. The van der Waals surface area contributed by atoms with Crippen LogP contribution in [0.25, 0.3) is 22.2 Å². The molecule has 160 valence electrons. The van der Waals surface area contributed by atoms with Crippen molar-refractivity contribution in [2.75, 3.05) is 6.54 Å². The van der Waals surface area contributed by atoms with Crippen LogP contribution >= 0.6 is 11.3 Å². The number of nitrogens with zero attached hydrogens (tertiary/aromatic N) is 4. The van der Waals surface area contributed by atoms with Gasteiger partial charge < -0.3 is 14.3 Å². The normalized spacial score (nSPS) is 11.0. The van der Waals surface area contributed by atoms with Crippen molar-refractivity contribution in [2.45, 2.75) is 38.5 Å². The SMILES string of the molecule is O=C(CCc1nnc(-c2ccccc2)o1)NCCCCCc1nc(-c2cccs2)no1. The molecule has 0 saturated heterocycles. The summed E-state index contributed by atoms with van der Waals surface area (Å²) in [4.78, 5) is 17.5. The Morgan fingerprint density at radius 1 is 0.968 bits per heavy atom. The first-order chi connectivity index (χ1) is 15.3. The minimum Gasteiger partial charge on any atom is -0.421 e. The lowest BCUT2D eigenvalue weighted by molar-refractivity contribution is -0.121. The van der Waals surface area contributed by atoms with Crippen molar-refractivity contribution < 1.29 is 13.7 Å². The number of hydrogen-bond acceptors (Lipinski definition) is 8. The van der Waals surface area contributed by atoms with Crippen LogP contribution in [-0.4, -0.2) is 32.8 Å². The Morgan fingerprint density at radius 2 is 1.87 bits per heavy atom. The van der Waals surface area contributed by atoms with Crippen LogP contribution in [0, 0.1) is 0 Å². The maximum Gasteiger partial charge on any atom is 0.247 e. The number of rotatable bonds is 11. The number of benzene rings is 1. The summed E-state index contributed by atoms with van der Waals surface area (Å²) in [5, 5.41) is 17.0. The Bertz CT molecular complexity index is 1080. The molecule has 31 heavy (non-hydrogen) atoms. The summed E-state index contributed by atoms with van der Waals surface area (Å²) in [7, 11) is 0. The van der Waals surface area contributed by atoms with Crippen molar-refractivity contribution in [2.24, 2.45) is 0 Å². The van der Waals surface area contributed by atoms with Crippen LogP contribution in [0.4, 0.5) is 0 Å². The summed E-state index contributed by atoms with van der Waals surface area (Å²) in [6.07, 6.45) is 4.30. The highest BCUT2D eigenvalue weighted by Crippen LogP contribution is 2.21. The molecule has 0 spiro atoms. The number of nitrogens with one attached hydrogen (secondary N) is 1. The maximum atomic E-state index is 12.0. The zero-order valence-electron chi connectivity index (χ0n) is 17.0. The fraction of sp³-hybridized carbons (Fsp3) is 0.318. The van der Waals surface area contributed by atoms with Gasteiger partial charge in [0.1, 0.15) is 0 Å². The number of unbranched alkanes of at least 4 members (excludes halogenated alkanes) is 2. The van der Waals surface area contributed by atoms with Gasteiger partial charge in [-0.1, -0.05) is 35.8 Å². The van der Waals surface area contributed by atoms with Gasteiger partial charge in [0.2, 0.25) is 29.4 Å². The van der Waals surface area contributed by atoms with E-state index in [0.717, 1.165) is 36.1 Å². The van der Waals surface area contributed by atoms with Gasteiger partial charge in [0.25, 0.3) is 0 Å². The molecule has 1 N–H and O–H groups in total. The molecule has 9 heteroatoms. The average molecular weight is 438 g/mol. The molecule has 0 saturated carbocycles. The molecule has 0 aliphatic heterocycles. The largest absolute Gasteiger partial charge is 0.421 e. The predicted molar refractivity (Wildman–Crippen MR) is 116 cm³/mol. The first-order valence-electron chi connectivity index (χ1n) is 10.3. The number of aryl methyl sites for hydroxylation is 2. The van der Waals surface area contributed by atoms with Crippen LogP contribution in [0.1, 0.15) is 37.5 Å². The Hall–Kier alpha value is -3.33. The Balaban J connectivity index is 1.08. The van der Waals surface area contributed by atoms with Gasteiger partial charge >= 0.3 is 0 Å². The van der Waals surface area contributed by atoms with Crippen molar-refractivity contribution in [3.05, 3.63) is 59.6 Å². The summed E-state index contributed by atoms with van der Waals surface area (Å²) in [6, 6.07) is 13.5. The highest BCUT2D eigenvalue weighted by Gasteiger charge is 2.11. The monoisotopic (exact) mass is 437 g/mol. The standard InChI is InChI=1S/C22H23N5O3S/c28-18(12-13-20-25-26-22(29-20)16-8-3-1-4-9-16)23-14-6-2-5-11-19-24-21(27-30-19)17-10-7-15-31-17/h1,3-4,7-10,15H,2,5-6,11-14H2,(H,23,28). The molecule has 0 aliphatic rings. The van der Waals surface area contributed by atoms with Gasteiger partial charge in [0.15, 0.2) is 0 Å². The lowest BCUT2D eigenvalue weighted by Crippen LogP contribution is -2.24. The molecule has 0 bridgehead atoms. The van der Waals surface area contributed by atoms with Crippen molar-refractivity contribution in [3.63, 3.8) is 0 Å². The smallest absolute Gasteiger partial charge is 0.247 e. The topological polar surface area (TPSA) is 107 Å². The van der Waals surface area contributed by atoms with Crippen LogP contribution in [0.2, 0.25) is 0 Å². The maximum absolute atomic E-state index is 12.0. The lowest BCUT2D eigenvalue weighted by atomic mass is 10.2. The van der Waals surface area contributed by atoms with E-state index < -0.39 is 0 Å². The number of hydrogen-bond donors (Lipinski definition) is 1. The molecular formula is C22H23N5O3S. The Labute approximate surface area is 183 Å². The molecule has 0 atom stereocenters. The van der Waals surface area contributed by atoms with Crippen LogP contribution in [-0.2, 0) is 17.6 Å². The number of amides is 1. The van der Waals surface area contributed by atoms with E-state index in [1.165, 1.54) is 0 Å². The number of aromatic nitrogens is 4. The summed E-state index contributed by atoms with van der Waals surface area (Å²) in [5.41, 5.74) is 0.869. The molecule has 0 radical (unpaired) electrons. The highest BCUT2D eigenvalue weighted by atomic mass is 32.1. The van der Waals surface area contributed by atoms with Gasteiger partial charge in [-0.05, 0) is 36.4 Å². The van der Waals surface area contributed by atoms with Gasteiger partial charge in [-0.15, -0.1) is 21.5 Å². The summed E-state index contributed by atoms with van der Waals surface area (Å²) in [6.45, 7) is 0.641. The fourth-order valence-corrected chi connectivity index (χ4v) is 3.68. The van der Waals surface area contributed by atoms with E-state index in [1.807, 2.05) is 47.8 Å². The summed E-state index contributed by atoms with van der Waals surface area (Å²) < 4.78 is 10.9. The summed E-state index contributed by atoms with van der Waals surface area (Å²) in [5.74, 6) is 2.23. The zero-order chi connectivity index (χ0) is 21.3. The number of carbonyl (C=O) groups excluding carboxylic acids is 1. The van der Waals surface area contributed by atoms with Gasteiger partial charge in [-0.25, -0.2) is 0 Å². The van der Waals surface area contributed by atoms with Crippen molar-refractivity contribution >= 4 is 17.2 Å². The summed E-state index contributed by atoms with van der Waals surface area (Å²) >= 11 is 1.59. The van der Waals surface area contributed by atoms with E-state index in [2.05, 4.69) is 25.7 Å². The van der Waals surface area contributed by atoms with Gasteiger partial charge in [0, 0.05) is 31.4 Å². The first kappa shape index (κ1) is 20.9. The van der Waals surface area contributed by atoms with Gasteiger partial charge in [-0.2, -0.15) is 4.98 Å². The molecular weight excluding hydrogens is 414 g/mol. The molecule has 0 fully saturated rings. The van der Waals surface area contributed by atoms with E-state index in [9.17, 15) is 4.79 Å². The molecule has 4 rings (SSSR count). The molecule has 8 nitrogen and oxygen atoms in total.